The summed E-state index contributed by atoms with van der Waals surface area (Å²) in [6.45, 7) is 1.07. The summed E-state index contributed by atoms with van der Waals surface area (Å²) in [6, 6.07) is 0.0257. The van der Waals surface area contributed by atoms with E-state index in [0.29, 0.717) is 0 Å². The van der Waals surface area contributed by atoms with Crippen molar-refractivity contribution in [2.24, 2.45) is 0 Å². The third-order valence-corrected chi connectivity index (χ3v) is 1.94. The van der Waals surface area contributed by atoms with E-state index in [1.807, 2.05) is 0 Å². The smallest absolute Gasteiger partial charge is 0.422 e. The van der Waals surface area contributed by atoms with Crippen molar-refractivity contribution in [1.29, 1.82) is 0 Å². The minimum atomic E-state index is -5.46. The van der Waals surface area contributed by atoms with Crippen LogP contribution in [0.5, 0.6) is 0 Å². The number of halogens is 6. The summed E-state index contributed by atoms with van der Waals surface area (Å²) in [5.41, 5.74) is -3.76. The van der Waals surface area contributed by atoms with Gasteiger partial charge in [-0.3, -0.25) is 0 Å². The second-order valence-corrected chi connectivity index (χ2v) is 3.13. The van der Waals surface area contributed by atoms with E-state index in [9.17, 15) is 31.1 Å². The van der Waals surface area contributed by atoms with Gasteiger partial charge >= 0.3 is 12.1 Å². The van der Waals surface area contributed by atoms with Gasteiger partial charge < -0.3 is 4.74 Å². The maximum absolute atomic E-state index is 13.4. The molecule has 0 amide bonds. The molecule has 0 N–H and O–H groups in total. The van der Waals surface area contributed by atoms with Gasteiger partial charge in [-0.25, -0.2) is 18.0 Å². The average Bonchev–Trinajstić information content (AvgIpc) is 2.22. The van der Waals surface area contributed by atoms with Gasteiger partial charge in [-0.1, -0.05) is 0 Å². The monoisotopic (exact) mass is 272 g/mol. The summed E-state index contributed by atoms with van der Waals surface area (Å²) in [5, 5.41) is 0. The average molecular weight is 272 g/mol. The topological polar surface area (TPSA) is 26.3 Å². The Hall–Kier alpha value is -1.73. The summed E-state index contributed by atoms with van der Waals surface area (Å²) in [7, 11) is 0. The number of rotatable bonds is 2. The van der Waals surface area contributed by atoms with Crippen molar-refractivity contribution in [1.82, 2.24) is 0 Å². The van der Waals surface area contributed by atoms with Gasteiger partial charge in [0.1, 0.15) is 5.56 Å². The molecule has 0 unspecified atom stereocenters. The zero-order chi connectivity index (χ0) is 14.1. The Morgan fingerprint density at radius 3 is 2.22 bits per heavy atom. The number of ether oxygens (including phenoxy) is 1. The highest BCUT2D eigenvalue weighted by Gasteiger charge is 2.41. The van der Waals surface area contributed by atoms with E-state index in [0.717, 1.165) is 0 Å². The first kappa shape index (κ1) is 14.3. The van der Waals surface area contributed by atoms with E-state index < -0.39 is 40.7 Å². The third kappa shape index (κ3) is 2.57. The molecule has 0 aliphatic rings. The van der Waals surface area contributed by atoms with Crippen LogP contribution < -0.4 is 0 Å². The van der Waals surface area contributed by atoms with E-state index in [1.165, 1.54) is 6.92 Å². The Labute approximate surface area is 97.2 Å². The zero-order valence-corrected chi connectivity index (χ0v) is 8.87. The van der Waals surface area contributed by atoms with Crippen LogP contribution in [0.4, 0.5) is 26.3 Å². The fourth-order valence-electron chi connectivity index (χ4n) is 1.21. The Morgan fingerprint density at radius 2 is 1.78 bits per heavy atom. The van der Waals surface area contributed by atoms with E-state index in [2.05, 4.69) is 4.74 Å². The van der Waals surface area contributed by atoms with Gasteiger partial charge in [0.2, 0.25) is 0 Å². The molecular weight excluding hydrogens is 266 g/mol. The molecule has 0 aliphatic heterocycles. The van der Waals surface area contributed by atoms with Crippen molar-refractivity contribution >= 4 is 5.97 Å². The molecule has 0 atom stereocenters. The zero-order valence-electron chi connectivity index (χ0n) is 8.87. The van der Waals surface area contributed by atoms with Gasteiger partial charge in [0.15, 0.2) is 17.5 Å². The molecule has 1 aromatic rings. The molecule has 100 valence electrons. The maximum Gasteiger partial charge on any atom is 0.422 e. The molecule has 2 nitrogen and oxygen atoms in total. The second kappa shape index (κ2) is 4.87. The first-order valence-electron chi connectivity index (χ1n) is 4.62. The minimum absolute atomic E-state index is 0.0257. The van der Waals surface area contributed by atoms with Crippen LogP contribution in [0.2, 0.25) is 0 Å². The van der Waals surface area contributed by atoms with Gasteiger partial charge in [-0.05, 0) is 13.0 Å². The molecule has 1 rings (SSSR count). The number of hydrogen-bond donors (Lipinski definition) is 0. The summed E-state index contributed by atoms with van der Waals surface area (Å²) in [5.74, 6) is -8.07. The number of esters is 1. The van der Waals surface area contributed by atoms with Crippen LogP contribution in [0.1, 0.15) is 22.8 Å². The second-order valence-electron chi connectivity index (χ2n) is 3.13. The molecule has 8 heteroatoms. The minimum Gasteiger partial charge on any atom is -0.462 e. The van der Waals surface area contributed by atoms with Crippen LogP contribution in [-0.2, 0) is 10.9 Å². The molecule has 0 spiro atoms. The largest absolute Gasteiger partial charge is 0.462 e. The third-order valence-electron chi connectivity index (χ3n) is 1.94. The summed E-state index contributed by atoms with van der Waals surface area (Å²) in [6.07, 6.45) is -5.46. The highest BCUT2D eigenvalue weighted by Crippen LogP contribution is 2.35. The molecule has 0 bridgehead atoms. The molecule has 1 aromatic carbocycles. The normalized spacial score (nSPS) is 11.5. The number of carbonyl (C=O) groups excluding carboxylic acids is 1. The van der Waals surface area contributed by atoms with Crippen LogP contribution in [0, 0.1) is 17.5 Å². The van der Waals surface area contributed by atoms with Crippen molar-refractivity contribution < 1.29 is 35.9 Å². The van der Waals surface area contributed by atoms with Crippen molar-refractivity contribution in [3.8, 4) is 0 Å². The van der Waals surface area contributed by atoms with E-state index in [4.69, 9.17) is 0 Å². The standard InChI is InChI=1S/C10H6F6O2/c1-2-18-9(17)4-3-5(11)8(13)6(7(4)12)10(14,15)16/h3H,2H2,1H3. The molecular formula is C10H6F6O2. The lowest BCUT2D eigenvalue weighted by molar-refractivity contribution is -0.142. The van der Waals surface area contributed by atoms with Gasteiger partial charge in [-0.15, -0.1) is 0 Å². The molecule has 0 aromatic heterocycles. The summed E-state index contributed by atoms with van der Waals surface area (Å²) >= 11 is 0. The van der Waals surface area contributed by atoms with Crippen LogP contribution in [0.25, 0.3) is 0 Å². The maximum atomic E-state index is 13.4. The number of hydrogen-bond acceptors (Lipinski definition) is 2. The summed E-state index contributed by atoms with van der Waals surface area (Å²) in [4.78, 5) is 11.1. The highest BCUT2D eigenvalue weighted by molar-refractivity contribution is 5.90. The number of alkyl halides is 3. The fourth-order valence-corrected chi connectivity index (χ4v) is 1.21. The Balaban J connectivity index is 3.50. The van der Waals surface area contributed by atoms with E-state index in [1.54, 1.807) is 0 Å². The number of benzene rings is 1. The van der Waals surface area contributed by atoms with Crippen molar-refractivity contribution in [2.45, 2.75) is 13.1 Å². The highest BCUT2D eigenvalue weighted by atomic mass is 19.4. The van der Waals surface area contributed by atoms with E-state index in [-0.39, 0.29) is 12.7 Å². The Bertz CT molecular complexity index is 480. The fraction of sp³-hybridized carbons (Fsp3) is 0.300. The van der Waals surface area contributed by atoms with Crippen LogP contribution >= 0.6 is 0 Å². The first-order valence-corrected chi connectivity index (χ1v) is 4.62. The Morgan fingerprint density at radius 1 is 1.22 bits per heavy atom. The predicted molar refractivity (Wildman–Crippen MR) is 47.3 cm³/mol. The Kier molecular flexibility index (Phi) is 3.88. The molecule has 0 saturated carbocycles. The van der Waals surface area contributed by atoms with Crippen molar-refractivity contribution in [2.75, 3.05) is 6.61 Å². The van der Waals surface area contributed by atoms with Gasteiger partial charge in [0.05, 0.1) is 12.2 Å². The lowest BCUT2D eigenvalue weighted by atomic mass is 10.1. The molecule has 18 heavy (non-hydrogen) atoms. The lowest BCUT2D eigenvalue weighted by Crippen LogP contribution is -2.18. The predicted octanol–water partition coefficient (Wildman–Crippen LogP) is 3.30. The molecule has 0 saturated heterocycles. The molecule has 0 fully saturated rings. The molecule has 0 heterocycles. The van der Waals surface area contributed by atoms with Gasteiger partial charge in [0.25, 0.3) is 0 Å². The SMILES string of the molecule is CCOC(=O)c1cc(F)c(F)c(C(F)(F)F)c1F. The van der Waals surface area contributed by atoms with Crippen LogP contribution in [0.3, 0.4) is 0 Å². The van der Waals surface area contributed by atoms with Crippen LogP contribution in [-0.4, -0.2) is 12.6 Å². The number of carbonyl (C=O) groups is 1. The van der Waals surface area contributed by atoms with E-state index >= 15 is 0 Å². The summed E-state index contributed by atoms with van der Waals surface area (Å²) < 4.78 is 80.4. The van der Waals surface area contributed by atoms with Crippen molar-refractivity contribution in [3.63, 3.8) is 0 Å². The quantitative estimate of drug-likeness (QED) is 0.469. The van der Waals surface area contributed by atoms with Gasteiger partial charge in [-0.2, -0.15) is 13.2 Å². The van der Waals surface area contributed by atoms with Crippen LogP contribution in [0.15, 0.2) is 6.07 Å². The van der Waals surface area contributed by atoms with Gasteiger partial charge in [0, 0.05) is 0 Å². The van der Waals surface area contributed by atoms with Crippen molar-refractivity contribution in [3.05, 3.63) is 34.6 Å². The first-order chi connectivity index (χ1) is 8.20. The molecule has 0 radical (unpaired) electrons. The lowest BCUT2D eigenvalue weighted by Gasteiger charge is -2.12. The molecule has 0 aliphatic carbocycles.